The molecule has 0 saturated carbocycles. The molecule has 0 saturated heterocycles. The number of anilines is 1. The van der Waals surface area contributed by atoms with Crippen molar-refractivity contribution in [3.05, 3.63) is 53.1 Å². The number of rotatable bonds is 4. The number of aromatic nitrogens is 1. The molecule has 1 N–H and O–H groups in total. The van der Waals surface area contributed by atoms with E-state index in [1.165, 1.54) is 18.3 Å². The van der Waals surface area contributed by atoms with Crippen molar-refractivity contribution in [2.75, 3.05) is 5.32 Å². The second-order valence-electron chi connectivity index (χ2n) is 6.48. The van der Waals surface area contributed by atoms with Gasteiger partial charge >= 0.3 is 0 Å². The summed E-state index contributed by atoms with van der Waals surface area (Å²) in [4.78, 5) is 16.3. The Kier molecular flexibility index (Phi) is 5.65. The fourth-order valence-corrected chi connectivity index (χ4v) is 3.96. The summed E-state index contributed by atoms with van der Waals surface area (Å²) in [6.07, 6.45) is 9.44. The molecule has 3 rings (SSSR count). The summed E-state index contributed by atoms with van der Waals surface area (Å²) >= 11 is 1.36. The molecule has 0 spiro atoms. The minimum atomic E-state index is -0.145. The molecule has 0 aliphatic heterocycles. The molecule has 2 aromatic rings. The lowest BCUT2D eigenvalue weighted by Gasteiger charge is -2.13. The number of nitrogens with zero attached hydrogens (tertiary/aromatic N) is 2. The molecular formula is C21H21N3OS. The lowest BCUT2D eigenvalue weighted by Crippen LogP contribution is -2.05. The lowest BCUT2D eigenvalue weighted by atomic mass is 9.92. The Balaban J connectivity index is 2.00. The number of hydrogen-bond acceptors (Lipinski definition) is 4. The molecule has 4 nitrogen and oxygen atoms in total. The van der Waals surface area contributed by atoms with Crippen LogP contribution in [0.4, 0.5) is 5.00 Å². The molecule has 1 aromatic carbocycles. The number of carbonyl (C=O) groups excluding carboxylic acids is 1. The Hall–Kier alpha value is -2.71. The van der Waals surface area contributed by atoms with Gasteiger partial charge in [0.15, 0.2) is 0 Å². The molecule has 0 radical (unpaired) electrons. The van der Waals surface area contributed by atoms with Crippen molar-refractivity contribution in [3.8, 4) is 17.3 Å². The van der Waals surface area contributed by atoms with Crippen LogP contribution in [0.5, 0.6) is 0 Å². The summed E-state index contributed by atoms with van der Waals surface area (Å²) in [7, 11) is 0. The SMILES string of the molecule is CC(=O)Nc1sc(/C(C#N)=C/[C@@H]2CC=CCC2)nc1-c1ccc(C)cc1. The predicted molar refractivity (Wildman–Crippen MR) is 107 cm³/mol. The summed E-state index contributed by atoms with van der Waals surface area (Å²) in [6.45, 7) is 3.51. The maximum atomic E-state index is 11.6. The standard InChI is InChI=1S/C21H21N3OS/c1-14-8-10-17(11-9-14)19-21(23-15(2)25)26-20(24-19)18(13-22)12-16-6-4-3-5-7-16/h3-4,8-12,16H,5-7H2,1-2H3,(H,23,25)/b18-12+/t16-/m1/s1. The molecule has 1 atom stereocenters. The summed E-state index contributed by atoms with van der Waals surface area (Å²) < 4.78 is 0. The number of benzene rings is 1. The third-order valence-corrected chi connectivity index (χ3v) is 5.31. The third-order valence-electron chi connectivity index (χ3n) is 4.30. The topological polar surface area (TPSA) is 65.8 Å². The number of carbonyl (C=O) groups is 1. The van der Waals surface area contributed by atoms with Gasteiger partial charge in [-0.3, -0.25) is 4.79 Å². The van der Waals surface area contributed by atoms with E-state index in [2.05, 4.69) is 23.5 Å². The number of amides is 1. The minimum absolute atomic E-state index is 0.145. The van der Waals surface area contributed by atoms with Crippen LogP contribution in [0.2, 0.25) is 0 Å². The van der Waals surface area contributed by atoms with Gasteiger partial charge in [0.1, 0.15) is 21.8 Å². The average Bonchev–Trinajstić information content (AvgIpc) is 3.04. The van der Waals surface area contributed by atoms with E-state index in [1.807, 2.05) is 37.3 Å². The Morgan fingerprint density at radius 1 is 1.35 bits per heavy atom. The van der Waals surface area contributed by atoms with Crippen LogP contribution in [0.1, 0.15) is 36.8 Å². The Labute approximate surface area is 157 Å². The molecular weight excluding hydrogens is 342 g/mol. The zero-order chi connectivity index (χ0) is 18.5. The van der Waals surface area contributed by atoms with Crippen LogP contribution in [-0.4, -0.2) is 10.9 Å². The van der Waals surface area contributed by atoms with Crippen molar-refractivity contribution >= 4 is 27.8 Å². The Morgan fingerprint density at radius 3 is 2.73 bits per heavy atom. The van der Waals surface area contributed by atoms with Gasteiger partial charge < -0.3 is 5.32 Å². The molecule has 5 heteroatoms. The van der Waals surface area contributed by atoms with Crippen LogP contribution in [0.25, 0.3) is 16.8 Å². The number of thiazole rings is 1. The number of allylic oxidation sites excluding steroid dienone is 4. The zero-order valence-electron chi connectivity index (χ0n) is 15.0. The van der Waals surface area contributed by atoms with E-state index >= 15 is 0 Å². The van der Waals surface area contributed by atoms with Crippen molar-refractivity contribution in [1.29, 1.82) is 5.26 Å². The van der Waals surface area contributed by atoms with E-state index in [0.717, 1.165) is 30.4 Å². The number of nitriles is 1. The van der Waals surface area contributed by atoms with Gasteiger partial charge in [0.2, 0.25) is 5.91 Å². The van der Waals surface area contributed by atoms with E-state index < -0.39 is 0 Å². The van der Waals surface area contributed by atoms with Crippen LogP contribution in [0, 0.1) is 24.2 Å². The molecule has 0 bridgehead atoms. The Bertz CT molecular complexity index is 900. The van der Waals surface area contributed by atoms with Gasteiger partial charge in [0.25, 0.3) is 0 Å². The van der Waals surface area contributed by atoms with Gasteiger partial charge in [-0.25, -0.2) is 4.98 Å². The molecule has 1 aromatic heterocycles. The molecule has 26 heavy (non-hydrogen) atoms. The van der Waals surface area contributed by atoms with E-state index in [1.54, 1.807) is 0 Å². The highest BCUT2D eigenvalue weighted by Crippen LogP contribution is 2.37. The monoisotopic (exact) mass is 363 g/mol. The largest absolute Gasteiger partial charge is 0.316 e. The molecule has 0 unspecified atom stereocenters. The van der Waals surface area contributed by atoms with Gasteiger partial charge in [0, 0.05) is 12.5 Å². The first-order chi connectivity index (χ1) is 12.6. The fraction of sp³-hybridized carbons (Fsp3) is 0.286. The maximum absolute atomic E-state index is 11.6. The molecule has 0 fully saturated rings. The van der Waals surface area contributed by atoms with Crippen LogP contribution >= 0.6 is 11.3 Å². The summed E-state index contributed by atoms with van der Waals surface area (Å²) in [5, 5.41) is 13.8. The van der Waals surface area contributed by atoms with E-state index in [0.29, 0.717) is 27.2 Å². The zero-order valence-corrected chi connectivity index (χ0v) is 15.8. The first-order valence-corrected chi connectivity index (χ1v) is 9.51. The summed E-state index contributed by atoms with van der Waals surface area (Å²) in [5.74, 6) is 0.221. The van der Waals surface area contributed by atoms with Crippen molar-refractivity contribution < 1.29 is 4.79 Å². The summed E-state index contributed by atoms with van der Waals surface area (Å²) in [5.41, 5.74) is 3.39. The normalized spacial score (nSPS) is 17.0. The molecule has 1 amide bonds. The number of nitrogens with one attached hydrogen (secondary N) is 1. The highest BCUT2D eigenvalue weighted by Gasteiger charge is 2.18. The number of hydrogen-bond donors (Lipinski definition) is 1. The molecule has 1 heterocycles. The van der Waals surface area contributed by atoms with Gasteiger partial charge in [0.05, 0.1) is 5.57 Å². The fourth-order valence-electron chi connectivity index (χ4n) is 2.95. The summed E-state index contributed by atoms with van der Waals surface area (Å²) in [6, 6.07) is 10.3. The van der Waals surface area contributed by atoms with Crippen LogP contribution in [0.3, 0.4) is 0 Å². The quantitative estimate of drug-likeness (QED) is 0.589. The smallest absolute Gasteiger partial charge is 0.221 e. The first kappa shape index (κ1) is 18.1. The lowest BCUT2D eigenvalue weighted by molar-refractivity contribution is -0.114. The molecule has 132 valence electrons. The van der Waals surface area contributed by atoms with Crippen molar-refractivity contribution in [1.82, 2.24) is 4.98 Å². The van der Waals surface area contributed by atoms with Gasteiger partial charge in [-0.15, -0.1) is 0 Å². The van der Waals surface area contributed by atoms with Gasteiger partial charge in [-0.2, -0.15) is 5.26 Å². The highest BCUT2D eigenvalue weighted by atomic mass is 32.1. The van der Waals surface area contributed by atoms with E-state index in [9.17, 15) is 10.1 Å². The maximum Gasteiger partial charge on any atom is 0.221 e. The molecule has 1 aliphatic rings. The second-order valence-corrected chi connectivity index (χ2v) is 7.48. The average molecular weight is 363 g/mol. The van der Waals surface area contributed by atoms with Crippen molar-refractivity contribution in [2.45, 2.75) is 33.1 Å². The van der Waals surface area contributed by atoms with Crippen LogP contribution in [-0.2, 0) is 4.79 Å². The number of aryl methyl sites for hydroxylation is 1. The van der Waals surface area contributed by atoms with Crippen molar-refractivity contribution in [2.24, 2.45) is 5.92 Å². The Morgan fingerprint density at radius 2 is 2.12 bits per heavy atom. The van der Waals surface area contributed by atoms with Gasteiger partial charge in [-0.05, 0) is 32.1 Å². The predicted octanol–water partition coefficient (Wildman–Crippen LogP) is 5.34. The van der Waals surface area contributed by atoms with E-state index in [4.69, 9.17) is 4.98 Å². The minimum Gasteiger partial charge on any atom is -0.316 e. The van der Waals surface area contributed by atoms with Crippen molar-refractivity contribution in [3.63, 3.8) is 0 Å². The third kappa shape index (κ3) is 4.27. The first-order valence-electron chi connectivity index (χ1n) is 8.69. The van der Waals surface area contributed by atoms with Gasteiger partial charge in [-0.1, -0.05) is 59.4 Å². The second kappa shape index (κ2) is 8.11. The van der Waals surface area contributed by atoms with Crippen LogP contribution < -0.4 is 5.32 Å². The highest BCUT2D eigenvalue weighted by molar-refractivity contribution is 7.17. The van der Waals surface area contributed by atoms with E-state index in [-0.39, 0.29) is 5.91 Å². The van der Waals surface area contributed by atoms with Crippen LogP contribution in [0.15, 0.2) is 42.5 Å². The molecule has 1 aliphatic carbocycles.